The van der Waals surface area contributed by atoms with Gasteiger partial charge in [-0.2, -0.15) is 5.10 Å². The lowest BCUT2D eigenvalue weighted by atomic mass is 10.0. The van der Waals surface area contributed by atoms with E-state index in [2.05, 4.69) is 29.6 Å². The van der Waals surface area contributed by atoms with E-state index in [1.54, 1.807) is 6.21 Å². The molecule has 2 rings (SSSR count). The Bertz CT molecular complexity index is 382. The lowest BCUT2D eigenvalue weighted by Gasteiger charge is -2.05. The molecule has 1 fully saturated rings. The van der Waals surface area contributed by atoms with Crippen LogP contribution in [0.15, 0.2) is 35.4 Å². The van der Waals surface area contributed by atoms with Gasteiger partial charge in [0, 0.05) is 18.1 Å². The molecule has 1 aliphatic carbocycles. The molecule has 0 bridgehead atoms. The van der Waals surface area contributed by atoms with Crippen LogP contribution in [0.3, 0.4) is 0 Å². The fourth-order valence-corrected chi connectivity index (χ4v) is 1.49. The number of hydrazone groups is 1. The van der Waals surface area contributed by atoms with Crippen molar-refractivity contribution in [1.82, 2.24) is 5.43 Å². The third-order valence-electron chi connectivity index (χ3n) is 2.75. The minimum absolute atomic E-state index is 0.0523. The normalized spacial score (nSPS) is 17.3. The summed E-state index contributed by atoms with van der Waals surface area (Å²) in [5.41, 5.74) is 3.78. The molecule has 84 valence electrons. The zero-order valence-electron chi connectivity index (χ0n) is 9.39. The van der Waals surface area contributed by atoms with Crippen LogP contribution >= 0.6 is 0 Å². The highest BCUT2D eigenvalue weighted by molar-refractivity contribution is 5.81. The Hall–Kier alpha value is -1.64. The highest BCUT2D eigenvalue weighted by atomic mass is 16.2. The van der Waals surface area contributed by atoms with Gasteiger partial charge in [0.1, 0.15) is 0 Å². The second-order valence-electron chi connectivity index (χ2n) is 4.23. The van der Waals surface area contributed by atoms with Gasteiger partial charge < -0.3 is 0 Å². The summed E-state index contributed by atoms with van der Waals surface area (Å²) in [6.07, 6.45) is 3.79. The van der Waals surface area contributed by atoms with Crippen molar-refractivity contribution in [3.8, 4) is 0 Å². The number of hydrogen-bond donors (Lipinski definition) is 1. The van der Waals surface area contributed by atoms with Gasteiger partial charge in [-0.05, 0) is 18.4 Å². The number of rotatable bonds is 4. The fraction of sp³-hybridized carbons (Fsp3) is 0.385. The van der Waals surface area contributed by atoms with Gasteiger partial charge in [-0.15, -0.1) is 0 Å². The molecule has 1 amide bonds. The lowest BCUT2D eigenvalue weighted by molar-refractivity contribution is -0.122. The van der Waals surface area contributed by atoms with Crippen LogP contribution in [0.25, 0.3) is 0 Å². The molecular formula is C13H16N2O. The van der Waals surface area contributed by atoms with Gasteiger partial charge in [-0.25, -0.2) is 5.43 Å². The van der Waals surface area contributed by atoms with Crippen LogP contribution in [0, 0.1) is 5.92 Å². The molecule has 0 unspecified atom stereocenters. The Morgan fingerprint density at radius 2 is 2.12 bits per heavy atom. The second-order valence-corrected chi connectivity index (χ2v) is 4.23. The summed E-state index contributed by atoms with van der Waals surface area (Å²) < 4.78 is 0. The first-order valence-electron chi connectivity index (χ1n) is 5.65. The first-order valence-corrected chi connectivity index (χ1v) is 5.65. The smallest absolute Gasteiger partial charge is 0.243 e. The maximum Gasteiger partial charge on any atom is 0.243 e. The molecule has 0 aromatic heterocycles. The van der Waals surface area contributed by atoms with Crippen molar-refractivity contribution in [2.24, 2.45) is 11.0 Å². The van der Waals surface area contributed by atoms with Crippen molar-refractivity contribution in [3.05, 3.63) is 35.9 Å². The van der Waals surface area contributed by atoms with Crippen molar-refractivity contribution in [2.45, 2.75) is 25.7 Å². The third kappa shape index (κ3) is 2.92. The van der Waals surface area contributed by atoms with Gasteiger partial charge in [-0.1, -0.05) is 37.3 Å². The molecule has 0 saturated heterocycles. The predicted molar refractivity (Wildman–Crippen MR) is 64.2 cm³/mol. The molecule has 0 aliphatic heterocycles. The Kier molecular flexibility index (Phi) is 3.34. The quantitative estimate of drug-likeness (QED) is 0.609. The van der Waals surface area contributed by atoms with Gasteiger partial charge in [-0.3, -0.25) is 4.79 Å². The molecule has 16 heavy (non-hydrogen) atoms. The third-order valence-corrected chi connectivity index (χ3v) is 2.75. The molecule has 1 atom stereocenters. The van der Waals surface area contributed by atoms with E-state index in [1.165, 1.54) is 5.56 Å². The number of nitrogens with one attached hydrogen (secondary N) is 1. The average molecular weight is 216 g/mol. The minimum Gasteiger partial charge on any atom is -0.273 e. The molecule has 0 heterocycles. The van der Waals surface area contributed by atoms with E-state index in [9.17, 15) is 4.79 Å². The number of amides is 1. The minimum atomic E-state index is 0.0523. The zero-order chi connectivity index (χ0) is 11.4. The highest BCUT2D eigenvalue weighted by Crippen LogP contribution is 2.28. The molecule has 1 N–H and O–H groups in total. The zero-order valence-corrected chi connectivity index (χ0v) is 9.39. The van der Waals surface area contributed by atoms with Crippen molar-refractivity contribution in [3.63, 3.8) is 0 Å². The molecule has 3 nitrogen and oxygen atoms in total. The molecule has 0 radical (unpaired) electrons. The highest BCUT2D eigenvalue weighted by Gasteiger charge is 2.29. The van der Waals surface area contributed by atoms with Crippen LogP contribution in [0.4, 0.5) is 0 Å². The first-order chi connectivity index (χ1) is 7.77. The van der Waals surface area contributed by atoms with E-state index >= 15 is 0 Å². The van der Waals surface area contributed by atoms with Crippen molar-refractivity contribution in [2.75, 3.05) is 0 Å². The first kappa shape index (κ1) is 10.9. The van der Waals surface area contributed by atoms with E-state index in [4.69, 9.17) is 0 Å². The summed E-state index contributed by atoms with van der Waals surface area (Å²) in [5, 5.41) is 3.98. The van der Waals surface area contributed by atoms with Gasteiger partial charge in [0.2, 0.25) is 5.91 Å². The monoisotopic (exact) mass is 216 g/mol. The van der Waals surface area contributed by atoms with Crippen LogP contribution in [-0.2, 0) is 4.79 Å². The molecule has 0 spiro atoms. The average Bonchev–Trinajstić information content (AvgIpc) is 3.14. The molecule has 1 aliphatic rings. The van der Waals surface area contributed by atoms with Crippen LogP contribution < -0.4 is 5.43 Å². The Balaban J connectivity index is 1.84. The van der Waals surface area contributed by atoms with Crippen molar-refractivity contribution < 1.29 is 4.79 Å². The summed E-state index contributed by atoms with van der Waals surface area (Å²) in [6, 6.07) is 10.1. The second kappa shape index (κ2) is 4.92. The lowest BCUT2D eigenvalue weighted by Crippen LogP contribution is -2.19. The van der Waals surface area contributed by atoms with Crippen LogP contribution in [0.2, 0.25) is 0 Å². The molecule has 1 aromatic carbocycles. The number of hydrogen-bond acceptors (Lipinski definition) is 2. The van der Waals surface area contributed by atoms with Gasteiger partial charge >= 0.3 is 0 Å². The Labute approximate surface area is 95.6 Å². The largest absolute Gasteiger partial charge is 0.273 e. The number of carbonyl (C=O) groups is 1. The van der Waals surface area contributed by atoms with E-state index < -0.39 is 0 Å². The molecule has 3 heteroatoms. The van der Waals surface area contributed by atoms with Crippen LogP contribution in [0.5, 0.6) is 0 Å². The summed E-state index contributed by atoms with van der Waals surface area (Å²) >= 11 is 0. The fourth-order valence-electron chi connectivity index (χ4n) is 1.49. The molecule has 1 saturated carbocycles. The maximum atomic E-state index is 11.3. The predicted octanol–water partition coefficient (Wildman–Crippen LogP) is 2.30. The van der Waals surface area contributed by atoms with Crippen molar-refractivity contribution in [1.29, 1.82) is 0 Å². The van der Waals surface area contributed by atoms with E-state index in [-0.39, 0.29) is 17.7 Å². The van der Waals surface area contributed by atoms with Crippen LogP contribution in [0.1, 0.15) is 31.2 Å². The number of nitrogens with zero attached hydrogens (tertiary/aromatic N) is 1. The summed E-state index contributed by atoms with van der Waals surface area (Å²) in [5.74, 6) is 0.487. The van der Waals surface area contributed by atoms with Gasteiger partial charge in [0.25, 0.3) is 0 Å². The number of benzene rings is 1. The molecular weight excluding hydrogens is 200 g/mol. The number of carbonyl (C=O) groups excluding carboxylic acids is 1. The van der Waals surface area contributed by atoms with Gasteiger partial charge in [0.15, 0.2) is 0 Å². The Morgan fingerprint density at radius 3 is 2.75 bits per heavy atom. The summed E-state index contributed by atoms with van der Waals surface area (Å²) in [6.45, 7) is 2.06. The molecule has 1 aromatic rings. The van der Waals surface area contributed by atoms with E-state index in [0.29, 0.717) is 0 Å². The Morgan fingerprint density at radius 1 is 1.44 bits per heavy atom. The van der Waals surface area contributed by atoms with E-state index in [0.717, 1.165) is 12.8 Å². The van der Waals surface area contributed by atoms with Crippen molar-refractivity contribution >= 4 is 12.1 Å². The topological polar surface area (TPSA) is 41.5 Å². The van der Waals surface area contributed by atoms with Crippen LogP contribution in [-0.4, -0.2) is 12.1 Å². The summed E-state index contributed by atoms with van der Waals surface area (Å²) in [4.78, 5) is 11.3. The van der Waals surface area contributed by atoms with Gasteiger partial charge in [0.05, 0.1) is 0 Å². The standard InChI is InChI=1S/C13H16N2O/c1-10(11-5-3-2-4-6-11)9-14-15-13(16)12-7-8-12/h2-6,9-10,12H,7-8H2,1H3,(H,15,16)/t10-/m1/s1. The maximum absolute atomic E-state index is 11.3. The summed E-state index contributed by atoms with van der Waals surface area (Å²) in [7, 11) is 0. The van der Waals surface area contributed by atoms with E-state index in [1.807, 2.05) is 18.2 Å². The SMILES string of the molecule is C[C@H](C=NNC(=O)C1CC1)c1ccccc1.